The maximum Gasteiger partial charge on any atom is 0.0239 e. The van der Waals surface area contributed by atoms with E-state index in [1.807, 2.05) is 0 Å². The van der Waals surface area contributed by atoms with E-state index in [2.05, 4.69) is 44.7 Å². The average Bonchev–Trinajstić information content (AvgIpc) is 2.90. The minimum absolute atomic E-state index is 0.546. The van der Waals surface area contributed by atoms with Crippen LogP contribution in [0.2, 0.25) is 0 Å². The van der Waals surface area contributed by atoms with E-state index in [0.29, 0.717) is 5.41 Å². The van der Waals surface area contributed by atoms with Crippen LogP contribution >= 0.6 is 27.3 Å². The molecule has 0 aromatic carbocycles. The summed E-state index contributed by atoms with van der Waals surface area (Å²) in [5.41, 5.74) is 2.00. The standard InChI is InChI=1S/C13H20BrNS/c1-15(8-12-4-7-16-9-12)11-13(10-14)5-2-3-6-13/h4,7,9H,2-3,5-6,8,10-11H2,1H3. The van der Waals surface area contributed by atoms with Crippen molar-refractivity contribution in [2.45, 2.75) is 32.2 Å². The molecule has 1 aromatic heterocycles. The van der Waals surface area contributed by atoms with Crippen LogP contribution in [0.4, 0.5) is 0 Å². The second kappa shape index (κ2) is 5.65. The van der Waals surface area contributed by atoms with Crippen LogP contribution < -0.4 is 0 Å². The molecule has 0 N–H and O–H groups in total. The van der Waals surface area contributed by atoms with Crippen LogP contribution in [0.3, 0.4) is 0 Å². The number of nitrogens with zero attached hydrogens (tertiary/aromatic N) is 1. The van der Waals surface area contributed by atoms with Gasteiger partial charge in [0.2, 0.25) is 0 Å². The maximum absolute atomic E-state index is 3.72. The molecule has 1 aliphatic carbocycles. The summed E-state index contributed by atoms with van der Waals surface area (Å²) >= 11 is 5.51. The van der Waals surface area contributed by atoms with Gasteiger partial charge in [-0.25, -0.2) is 0 Å². The Balaban J connectivity index is 1.88. The van der Waals surface area contributed by atoms with Crippen molar-refractivity contribution < 1.29 is 0 Å². The molecule has 1 fully saturated rings. The summed E-state index contributed by atoms with van der Waals surface area (Å²) in [6.45, 7) is 2.33. The van der Waals surface area contributed by atoms with E-state index in [4.69, 9.17) is 0 Å². The van der Waals surface area contributed by atoms with Gasteiger partial charge in [-0.2, -0.15) is 11.3 Å². The van der Waals surface area contributed by atoms with Crippen LogP contribution in [-0.2, 0) is 6.54 Å². The maximum atomic E-state index is 3.72. The van der Waals surface area contributed by atoms with Gasteiger partial charge in [-0.15, -0.1) is 0 Å². The lowest BCUT2D eigenvalue weighted by atomic mass is 9.88. The summed E-state index contributed by atoms with van der Waals surface area (Å²) in [5.74, 6) is 0. The molecule has 1 aromatic rings. The highest BCUT2D eigenvalue weighted by molar-refractivity contribution is 9.09. The lowest BCUT2D eigenvalue weighted by molar-refractivity contribution is 0.197. The molecule has 0 saturated heterocycles. The molecule has 90 valence electrons. The average molecular weight is 302 g/mol. The van der Waals surface area contributed by atoms with Gasteiger partial charge in [-0.1, -0.05) is 28.8 Å². The van der Waals surface area contributed by atoms with Gasteiger partial charge in [0.15, 0.2) is 0 Å². The number of hydrogen-bond acceptors (Lipinski definition) is 2. The normalized spacial score (nSPS) is 19.4. The third-order valence-electron chi connectivity index (χ3n) is 3.59. The molecule has 0 spiro atoms. The fourth-order valence-corrected chi connectivity index (χ4v) is 4.18. The highest BCUT2D eigenvalue weighted by atomic mass is 79.9. The van der Waals surface area contributed by atoms with Crippen LogP contribution in [0, 0.1) is 5.41 Å². The molecule has 1 aliphatic rings. The van der Waals surface area contributed by atoms with Crippen molar-refractivity contribution in [1.29, 1.82) is 0 Å². The second-order valence-electron chi connectivity index (χ2n) is 5.14. The fraction of sp³-hybridized carbons (Fsp3) is 0.692. The van der Waals surface area contributed by atoms with Gasteiger partial charge in [0.05, 0.1) is 0 Å². The summed E-state index contributed by atoms with van der Waals surface area (Å²) in [5, 5.41) is 5.58. The van der Waals surface area contributed by atoms with Crippen LogP contribution in [-0.4, -0.2) is 23.8 Å². The smallest absolute Gasteiger partial charge is 0.0239 e. The topological polar surface area (TPSA) is 3.24 Å². The van der Waals surface area contributed by atoms with E-state index < -0.39 is 0 Å². The Morgan fingerprint density at radius 1 is 1.44 bits per heavy atom. The lowest BCUT2D eigenvalue weighted by Gasteiger charge is -2.31. The van der Waals surface area contributed by atoms with Gasteiger partial charge in [0.25, 0.3) is 0 Å². The molecular weight excluding hydrogens is 282 g/mol. The summed E-state index contributed by atoms with van der Waals surface area (Å²) in [6, 6.07) is 2.23. The molecule has 0 amide bonds. The SMILES string of the molecule is CN(Cc1ccsc1)CC1(CBr)CCCC1. The Morgan fingerprint density at radius 3 is 2.75 bits per heavy atom. The first-order chi connectivity index (χ1) is 7.74. The van der Waals surface area contributed by atoms with Gasteiger partial charge < -0.3 is 4.90 Å². The van der Waals surface area contributed by atoms with Gasteiger partial charge in [-0.3, -0.25) is 0 Å². The monoisotopic (exact) mass is 301 g/mol. The van der Waals surface area contributed by atoms with Gasteiger partial charge in [-0.05, 0) is 47.7 Å². The number of rotatable bonds is 5. The molecule has 1 nitrogen and oxygen atoms in total. The Kier molecular flexibility index (Phi) is 4.45. The molecule has 1 heterocycles. The lowest BCUT2D eigenvalue weighted by Crippen LogP contribution is -2.34. The molecule has 16 heavy (non-hydrogen) atoms. The first-order valence-corrected chi connectivity index (χ1v) is 8.06. The molecule has 0 radical (unpaired) electrons. The highest BCUT2D eigenvalue weighted by Gasteiger charge is 2.33. The zero-order valence-electron chi connectivity index (χ0n) is 9.92. The van der Waals surface area contributed by atoms with Crippen LogP contribution in [0.15, 0.2) is 16.8 Å². The number of hydrogen-bond donors (Lipinski definition) is 0. The van der Waals surface area contributed by atoms with Crippen molar-refractivity contribution in [3.8, 4) is 0 Å². The van der Waals surface area contributed by atoms with Gasteiger partial charge in [0.1, 0.15) is 0 Å². The molecule has 0 bridgehead atoms. The van der Waals surface area contributed by atoms with Crippen molar-refractivity contribution in [2.24, 2.45) is 5.41 Å². The number of halogens is 1. The third-order valence-corrected chi connectivity index (χ3v) is 5.51. The molecule has 3 heteroatoms. The Labute approximate surface area is 111 Å². The summed E-state index contributed by atoms with van der Waals surface area (Å²) < 4.78 is 0. The molecular formula is C13H20BrNS. The minimum Gasteiger partial charge on any atom is -0.302 e. The van der Waals surface area contributed by atoms with Crippen molar-refractivity contribution in [2.75, 3.05) is 18.9 Å². The van der Waals surface area contributed by atoms with E-state index in [1.54, 1.807) is 11.3 Å². The Hall–Kier alpha value is 0.140. The number of alkyl halides is 1. The van der Waals surface area contributed by atoms with E-state index in [-0.39, 0.29) is 0 Å². The second-order valence-corrected chi connectivity index (χ2v) is 6.49. The van der Waals surface area contributed by atoms with Crippen molar-refractivity contribution in [1.82, 2.24) is 4.90 Å². The first kappa shape index (κ1) is 12.6. The Morgan fingerprint density at radius 2 is 2.19 bits per heavy atom. The summed E-state index contributed by atoms with van der Waals surface area (Å²) in [4.78, 5) is 2.48. The molecule has 0 aliphatic heterocycles. The van der Waals surface area contributed by atoms with Gasteiger partial charge >= 0.3 is 0 Å². The summed E-state index contributed by atoms with van der Waals surface area (Å²) in [7, 11) is 2.25. The van der Waals surface area contributed by atoms with Crippen molar-refractivity contribution in [3.63, 3.8) is 0 Å². The molecule has 0 atom stereocenters. The number of thiophene rings is 1. The largest absolute Gasteiger partial charge is 0.302 e. The fourth-order valence-electron chi connectivity index (χ4n) is 2.78. The van der Waals surface area contributed by atoms with Crippen LogP contribution in [0.1, 0.15) is 31.2 Å². The quantitative estimate of drug-likeness (QED) is 0.739. The molecule has 0 unspecified atom stereocenters. The first-order valence-electron chi connectivity index (χ1n) is 6.00. The zero-order chi connectivity index (χ0) is 11.4. The van der Waals surface area contributed by atoms with E-state index in [9.17, 15) is 0 Å². The minimum atomic E-state index is 0.546. The summed E-state index contributed by atoms with van der Waals surface area (Å²) in [6.07, 6.45) is 5.62. The van der Waals surface area contributed by atoms with Crippen molar-refractivity contribution >= 4 is 27.3 Å². The third kappa shape index (κ3) is 3.08. The predicted octanol–water partition coefficient (Wildman–Crippen LogP) is 4.14. The van der Waals surface area contributed by atoms with Crippen LogP contribution in [0.5, 0.6) is 0 Å². The highest BCUT2D eigenvalue weighted by Crippen LogP contribution is 2.40. The molecule has 1 saturated carbocycles. The zero-order valence-corrected chi connectivity index (χ0v) is 12.3. The van der Waals surface area contributed by atoms with Crippen LogP contribution in [0.25, 0.3) is 0 Å². The van der Waals surface area contributed by atoms with E-state index in [0.717, 1.165) is 11.9 Å². The Bertz CT molecular complexity index is 304. The van der Waals surface area contributed by atoms with Crippen molar-refractivity contribution in [3.05, 3.63) is 22.4 Å². The predicted molar refractivity (Wildman–Crippen MR) is 75.3 cm³/mol. The molecule has 2 rings (SSSR count). The van der Waals surface area contributed by atoms with Gasteiger partial charge in [0, 0.05) is 18.4 Å². The van der Waals surface area contributed by atoms with E-state index in [1.165, 1.54) is 37.8 Å². The van der Waals surface area contributed by atoms with E-state index >= 15 is 0 Å².